The topological polar surface area (TPSA) is 143 Å². The number of pyridine rings is 1. The molecule has 3 heterocycles. The molecule has 14 heteroatoms. The third-order valence-electron chi connectivity index (χ3n) is 5.96. The van der Waals surface area contributed by atoms with Gasteiger partial charge in [0, 0.05) is 31.4 Å². The van der Waals surface area contributed by atoms with Gasteiger partial charge in [-0.15, -0.1) is 10.2 Å². The van der Waals surface area contributed by atoms with Gasteiger partial charge < -0.3 is 25.6 Å². The number of carboxylic acid groups (broad SMARTS) is 1. The SMILES string of the molecule is CC(S)C(=O)NC1CCN(c2c(F)cc3c(=O)c(C(=O)O)cn(C4CC4)c3c2Cl)C1.Nc1nncs1. The van der Waals surface area contributed by atoms with E-state index in [2.05, 4.69) is 28.1 Å². The first-order valence-electron chi connectivity index (χ1n) is 11.1. The molecule has 0 spiro atoms. The summed E-state index contributed by atoms with van der Waals surface area (Å²) in [7, 11) is 0. The molecule has 192 valence electrons. The van der Waals surface area contributed by atoms with Crippen LogP contribution in [-0.2, 0) is 4.79 Å². The van der Waals surface area contributed by atoms with E-state index in [4.69, 9.17) is 17.3 Å². The first kappa shape index (κ1) is 26.2. The molecule has 0 radical (unpaired) electrons. The van der Waals surface area contributed by atoms with E-state index in [1.54, 1.807) is 21.9 Å². The number of benzene rings is 1. The summed E-state index contributed by atoms with van der Waals surface area (Å²) in [5.41, 5.74) is 6.07. The highest BCUT2D eigenvalue weighted by molar-refractivity contribution is 7.81. The van der Waals surface area contributed by atoms with Crippen molar-refractivity contribution in [1.29, 1.82) is 0 Å². The summed E-state index contributed by atoms with van der Waals surface area (Å²) in [6.45, 7) is 2.53. The number of halogens is 2. The van der Waals surface area contributed by atoms with Gasteiger partial charge in [-0.2, -0.15) is 12.6 Å². The van der Waals surface area contributed by atoms with Crippen LogP contribution < -0.4 is 21.4 Å². The van der Waals surface area contributed by atoms with Crippen molar-refractivity contribution >= 4 is 69.2 Å². The number of rotatable bonds is 5. The average Bonchev–Trinajstić information content (AvgIpc) is 3.38. The lowest BCUT2D eigenvalue weighted by Gasteiger charge is -2.23. The fourth-order valence-electron chi connectivity index (χ4n) is 4.10. The minimum absolute atomic E-state index is 0.0319. The van der Waals surface area contributed by atoms with E-state index in [-0.39, 0.29) is 34.1 Å². The number of amides is 1. The van der Waals surface area contributed by atoms with Crippen LogP contribution in [0.3, 0.4) is 0 Å². The fourth-order valence-corrected chi connectivity index (χ4v) is 4.88. The number of hydrogen-bond donors (Lipinski definition) is 4. The van der Waals surface area contributed by atoms with E-state index < -0.39 is 28.0 Å². The lowest BCUT2D eigenvalue weighted by atomic mass is 10.1. The average molecular weight is 555 g/mol. The molecule has 1 saturated carbocycles. The quantitative estimate of drug-likeness (QED) is 0.352. The number of nitrogens with zero attached hydrogens (tertiary/aromatic N) is 4. The zero-order valence-corrected chi connectivity index (χ0v) is 21.6. The number of fused-ring (bicyclic) bond motifs is 1. The monoisotopic (exact) mass is 554 g/mol. The zero-order valence-electron chi connectivity index (χ0n) is 19.1. The fraction of sp³-hybridized carbons (Fsp3) is 0.409. The van der Waals surface area contributed by atoms with E-state index in [0.29, 0.717) is 30.2 Å². The second kappa shape index (κ2) is 10.6. The molecule has 2 fully saturated rings. The smallest absolute Gasteiger partial charge is 0.341 e. The Balaban J connectivity index is 0.000000445. The van der Waals surface area contributed by atoms with Crippen molar-refractivity contribution in [2.75, 3.05) is 23.7 Å². The minimum atomic E-state index is -1.35. The molecule has 1 saturated heterocycles. The van der Waals surface area contributed by atoms with Gasteiger partial charge in [0.2, 0.25) is 16.5 Å². The molecule has 1 aromatic carbocycles. The number of anilines is 2. The lowest BCUT2D eigenvalue weighted by Crippen LogP contribution is -2.40. The predicted molar refractivity (Wildman–Crippen MR) is 140 cm³/mol. The van der Waals surface area contributed by atoms with E-state index in [0.717, 1.165) is 18.9 Å². The Bertz CT molecular complexity index is 1360. The maximum atomic E-state index is 15.1. The predicted octanol–water partition coefficient (Wildman–Crippen LogP) is 2.96. The van der Waals surface area contributed by atoms with Crippen molar-refractivity contribution in [3.8, 4) is 0 Å². The Morgan fingerprint density at radius 2 is 2.11 bits per heavy atom. The normalized spacial score (nSPS) is 18.0. The van der Waals surface area contributed by atoms with Gasteiger partial charge in [0.25, 0.3) is 0 Å². The van der Waals surface area contributed by atoms with Gasteiger partial charge in [0.1, 0.15) is 16.9 Å². The van der Waals surface area contributed by atoms with Crippen LogP contribution in [0.15, 0.2) is 22.6 Å². The van der Waals surface area contributed by atoms with Crippen molar-refractivity contribution in [1.82, 2.24) is 20.1 Å². The van der Waals surface area contributed by atoms with E-state index in [1.807, 2.05) is 0 Å². The molecule has 10 nitrogen and oxygen atoms in total. The minimum Gasteiger partial charge on any atom is -0.477 e. The Kier molecular flexibility index (Phi) is 7.71. The summed E-state index contributed by atoms with van der Waals surface area (Å²) in [4.78, 5) is 37.8. The van der Waals surface area contributed by atoms with Crippen LogP contribution in [-0.4, -0.2) is 56.1 Å². The summed E-state index contributed by atoms with van der Waals surface area (Å²) in [6.07, 6.45) is 3.59. The van der Waals surface area contributed by atoms with E-state index >= 15 is 4.39 Å². The molecule has 0 bridgehead atoms. The van der Waals surface area contributed by atoms with Crippen LogP contribution in [0.1, 0.15) is 42.6 Å². The van der Waals surface area contributed by atoms with Crippen LogP contribution in [0.5, 0.6) is 0 Å². The Hall–Kier alpha value is -2.90. The van der Waals surface area contributed by atoms with Gasteiger partial charge in [0.05, 0.1) is 26.9 Å². The highest BCUT2D eigenvalue weighted by Gasteiger charge is 2.32. The number of nitrogens with two attached hydrogens (primary N) is 1. The zero-order chi connectivity index (χ0) is 26.1. The Morgan fingerprint density at radius 3 is 2.64 bits per heavy atom. The summed E-state index contributed by atoms with van der Waals surface area (Å²) in [6, 6.07) is 0.939. The number of nitrogen functional groups attached to an aromatic ring is 1. The number of carbonyl (C=O) groups excluding carboxylic acids is 1. The Morgan fingerprint density at radius 1 is 1.39 bits per heavy atom. The molecular formula is C22H24ClFN6O4S2. The number of hydrogen-bond acceptors (Lipinski definition) is 9. The highest BCUT2D eigenvalue weighted by atomic mass is 35.5. The van der Waals surface area contributed by atoms with Crippen molar-refractivity contribution < 1.29 is 19.1 Å². The molecular weight excluding hydrogens is 531 g/mol. The van der Waals surface area contributed by atoms with Crippen LogP contribution in [0.4, 0.5) is 15.2 Å². The number of aromatic carboxylic acids is 1. The highest BCUT2D eigenvalue weighted by Crippen LogP contribution is 2.42. The molecule has 2 aromatic heterocycles. The second-order valence-corrected chi connectivity index (χ2v) is 10.6. The van der Waals surface area contributed by atoms with Crippen molar-refractivity contribution in [3.63, 3.8) is 0 Å². The summed E-state index contributed by atoms with van der Waals surface area (Å²) < 4.78 is 16.8. The number of carboxylic acids is 1. The molecule has 4 N–H and O–H groups in total. The van der Waals surface area contributed by atoms with E-state index in [9.17, 15) is 19.5 Å². The first-order chi connectivity index (χ1) is 17.1. The summed E-state index contributed by atoms with van der Waals surface area (Å²) in [5, 5.41) is 19.3. The van der Waals surface area contributed by atoms with Gasteiger partial charge in [0.15, 0.2) is 0 Å². The number of thiol groups is 1. The summed E-state index contributed by atoms with van der Waals surface area (Å²) >= 11 is 12.1. The van der Waals surface area contributed by atoms with Crippen LogP contribution in [0, 0.1) is 5.82 Å². The number of nitrogens with one attached hydrogen (secondary N) is 1. The van der Waals surface area contributed by atoms with Gasteiger partial charge in [-0.05, 0) is 32.3 Å². The maximum absolute atomic E-state index is 15.1. The maximum Gasteiger partial charge on any atom is 0.341 e. The van der Waals surface area contributed by atoms with Crippen LogP contribution in [0.25, 0.3) is 10.9 Å². The molecule has 1 aliphatic carbocycles. The molecule has 3 aromatic rings. The first-order valence-corrected chi connectivity index (χ1v) is 12.9. The van der Waals surface area contributed by atoms with Crippen molar-refractivity contribution in [2.45, 2.75) is 43.5 Å². The molecule has 2 unspecified atom stereocenters. The molecule has 2 aliphatic rings. The van der Waals surface area contributed by atoms with Gasteiger partial charge in [-0.25, -0.2) is 9.18 Å². The number of carbonyl (C=O) groups is 2. The molecule has 36 heavy (non-hydrogen) atoms. The van der Waals surface area contributed by atoms with Gasteiger partial charge >= 0.3 is 5.97 Å². The molecule has 5 rings (SSSR count). The van der Waals surface area contributed by atoms with E-state index in [1.165, 1.54) is 17.5 Å². The Labute approximate surface area is 219 Å². The van der Waals surface area contributed by atoms with Crippen LogP contribution >= 0.6 is 35.6 Å². The van der Waals surface area contributed by atoms with Crippen molar-refractivity contribution in [2.24, 2.45) is 0 Å². The van der Waals surface area contributed by atoms with Crippen LogP contribution in [0.2, 0.25) is 5.02 Å². The largest absolute Gasteiger partial charge is 0.477 e. The molecule has 2 atom stereocenters. The molecule has 1 aliphatic heterocycles. The number of aromatic nitrogens is 3. The molecule has 1 amide bonds. The standard InChI is InChI=1S/C20H21ClFN3O4S.C2H3N3S/c1-9(30)19(27)23-10-4-5-24(7-10)17-14(22)6-12-16(15(17)21)25(11-2-3-11)8-13(18(12)26)20(28)29;3-2-5-4-1-6-2/h6,8-11,30H,2-5,7H2,1H3,(H,23,27)(H,28,29);1H,(H2,3,5). The third-order valence-corrected chi connectivity index (χ3v) is 7.08. The second-order valence-electron chi connectivity index (χ2n) is 8.63. The third kappa shape index (κ3) is 5.42. The lowest BCUT2D eigenvalue weighted by molar-refractivity contribution is -0.120. The summed E-state index contributed by atoms with van der Waals surface area (Å²) in [5.74, 6) is -2.24. The van der Waals surface area contributed by atoms with Crippen molar-refractivity contribution in [3.05, 3.63) is 44.4 Å². The van der Waals surface area contributed by atoms with Gasteiger partial charge in [-0.1, -0.05) is 22.9 Å². The van der Waals surface area contributed by atoms with Gasteiger partial charge in [-0.3, -0.25) is 9.59 Å².